The largest absolute Gasteiger partial charge is 0.493 e. The average molecular weight is 673 g/mol. The van der Waals surface area contributed by atoms with E-state index in [1.54, 1.807) is 23.5 Å². The Balaban J connectivity index is 1.70. The highest BCUT2D eigenvalue weighted by atomic mass is 35.5. The SMILES string of the molecule is CCOc1ccccc1C1(C2(c3ccccc3OCC)SCC(=O)N2Cc2ccccc2Cl)SCC(=O)N1Cc1ccc(C)cc1. The van der Waals surface area contributed by atoms with E-state index in [0.29, 0.717) is 36.3 Å². The highest BCUT2D eigenvalue weighted by Gasteiger charge is 2.69. The maximum absolute atomic E-state index is 14.4. The molecule has 6 rings (SSSR count). The number of nitrogens with zero attached hydrogens (tertiary/aromatic N) is 2. The van der Waals surface area contributed by atoms with Gasteiger partial charge in [0, 0.05) is 29.2 Å². The summed E-state index contributed by atoms with van der Waals surface area (Å²) in [5, 5.41) is 0.578. The number of hydrogen-bond donors (Lipinski definition) is 0. The Hall–Kier alpha value is -3.59. The molecule has 0 N–H and O–H groups in total. The molecule has 2 fully saturated rings. The fourth-order valence-corrected chi connectivity index (χ4v) is 10.1. The standard InChI is InChI=1S/C37H37ClN2O4S2/c1-4-43-32-16-10-7-13-29(32)36(39(34(41)24-45-36)22-27-20-18-26(3)19-21-27)37(30-14-8-11-17-33(30)44-5-2)40(35(42)25-46-37)23-28-12-6-9-15-31(28)38/h6-21H,4-5,22-25H2,1-3H3. The summed E-state index contributed by atoms with van der Waals surface area (Å²) in [4.78, 5) is 30.3. The predicted octanol–water partition coefficient (Wildman–Crippen LogP) is 8.00. The van der Waals surface area contributed by atoms with Crippen LogP contribution in [0.1, 0.15) is 41.7 Å². The molecule has 2 saturated heterocycles. The number of rotatable bonds is 11. The van der Waals surface area contributed by atoms with E-state index in [9.17, 15) is 9.59 Å². The summed E-state index contributed by atoms with van der Waals surface area (Å²) in [6, 6.07) is 31.7. The minimum atomic E-state index is -1.14. The molecule has 0 bridgehead atoms. The maximum Gasteiger partial charge on any atom is 0.234 e. The summed E-state index contributed by atoms with van der Waals surface area (Å²) in [7, 11) is 0. The van der Waals surface area contributed by atoms with Crippen molar-refractivity contribution >= 4 is 46.9 Å². The predicted molar refractivity (Wildman–Crippen MR) is 187 cm³/mol. The van der Waals surface area contributed by atoms with E-state index in [1.807, 2.05) is 96.4 Å². The normalized spacial score (nSPS) is 21.2. The second-order valence-electron chi connectivity index (χ2n) is 11.3. The monoisotopic (exact) mass is 672 g/mol. The molecule has 9 heteroatoms. The van der Waals surface area contributed by atoms with Crippen molar-refractivity contribution < 1.29 is 19.1 Å². The molecule has 0 aliphatic carbocycles. The Morgan fingerprint density at radius 3 is 1.67 bits per heavy atom. The number of benzene rings is 4. The maximum atomic E-state index is 14.4. The van der Waals surface area contributed by atoms with Crippen LogP contribution >= 0.6 is 35.1 Å². The number of para-hydroxylation sites is 2. The molecule has 2 aliphatic heterocycles. The van der Waals surface area contributed by atoms with Gasteiger partial charge in [-0.05, 0) is 50.1 Å². The molecule has 0 aromatic heterocycles. The highest BCUT2D eigenvalue weighted by Crippen LogP contribution is 2.68. The first-order valence-electron chi connectivity index (χ1n) is 15.5. The van der Waals surface area contributed by atoms with Gasteiger partial charge < -0.3 is 19.3 Å². The van der Waals surface area contributed by atoms with Gasteiger partial charge in [-0.2, -0.15) is 0 Å². The Kier molecular flexibility index (Phi) is 9.59. The van der Waals surface area contributed by atoms with E-state index < -0.39 is 9.74 Å². The number of halogens is 1. The first-order chi connectivity index (χ1) is 22.4. The molecule has 2 aliphatic rings. The highest BCUT2D eigenvalue weighted by molar-refractivity contribution is 8.05. The molecule has 4 aromatic carbocycles. The van der Waals surface area contributed by atoms with Crippen molar-refractivity contribution in [3.8, 4) is 11.5 Å². The lowest BCUT2D eigenvalue weighted by molar-refractivity contribution is -0.141. The molecule has 2 unspecified atom stereocenters. The van der Waals surface area contributed by atoms with Crippen molar-refractivity contribution in [2.45, 2.75) is 43.6 Å². The zero-order chi connectivity index (χ0) is 32.3. The van der Waals surface area contributed by atoms with Gasteiger partial charge in [0.25, 0.3) is 0 Å². The van der Waals surface area contributed by atoms with Gasteiger partial charge in [-0.15, -0.1) is 23.5 Å². The van der Waals surface area contributed by atoms with Crippen LogP contribution in [0.5, 0.6) is 11.5 Å². The summed E-state index contributed by atoms with van der Waals surface area (Å²) in [5.74, 6) is 1.74. The van der Waals surface area contributed by atoms with E-state index >= 15 is 0 Å². The van der Waals surface area contributed by atoms with Gasteiger partial charge >= 0.3 is 0 Å². The number of amides is 2. The van der Waals surface area contributed by atoms with Crippen LogP contribution in [-0.2, 0) is 32.4 Å². The number of aryl methyl sites for hydroxylation is 1. The van der Waals surface area contributed by atoms with Crippen LogP contribution in [0.3, 0.4) is 0 Å². The molecule has 238 valence electrons. The van der Waals surface area contributed by atoms with Gasteiger partial charge in [-0.3, -0.25) is 9.59 Å². The van der Waals surface area contributed by atoms with E-state index in [1.165, 1.54) is 0 Å². The zero-order valence-electron chi connectivity index (χ0n) is 26.2. The van der Waals surface area contributed by atoms with Crippen molar-refractivity contribution in [2.75, 3.05) is 24.7 Å². The molecule has 2 atom stereocenters. The van der Waals surface area contributed by atoms with Gasteiger partial charge in [0.15, 0.2) is 9.74 Å². The number of hydrogen-bond acceptors (Lipinski definition) is 6. The van der Waals surface area contributed by atoms with Crippen LogP contribution < -0.4 is 9.47 Å². The second-order valence-corrected chi connectivity index (χ2v) is 14.0. The van der Waals surface area contributed by atoms with Gasteiger partial charge in [-0.1, -0.05) is 96.0 Å². The molecule has 4 aromatic rings. The molecular formula is C37H37ClN2O4S2. The van der Waals surface area contributed by atoms with Crippen molar-refractivity contribution in [1.82, 2.24) is 9.80 Å². The van der Waals surface area contributed by atoms with Crippen molar-refractivity contribution in [3.63, 3.8) is 0 Å². The topological polar surface area (TPSA) is 59.1 Å². The van der Waals surface area contributed by atoms with Crippen LogP contribution in [-0.4, -0.2) is 46.3 Å². The Labute approximate surface area is 284 Å². The fraction of sp³-hybridized carbons (Fsp3) is 0.297. The van der Waals surface area contributed by atoms with Crippen LogP contribution in [0.4, 0.5) is 0 Å². The minimum Gasteiger partial charge on any atom is -0.493 e. The summed E-state index contributed by atoms with van der Waals surface area (Å²) in [5.41, 5.74) is 4.62. The van der Waals surface area contributed by atoms with Crippen LogP contribution in [0.25, 0.3) is 0 Å². The molecular weight excluding hydrogens is 636 g/mol. The third kappa shape index (κ3) is 5.54. The molecule has 2 amide bonds. The quantitative estimate of drug-likeness (QED) is 0.161. The summed E-state index contributed by atoms with van der Waals surface area (Å²) in [6.07, 6.45) is 0. The lowest BCUT2D eigenvalue weighted by Gasteiger charge is -2.54. The summed E-state index contributed by atoms with van der Waals surface area (Å²) in [6.45, 7) is 7.45. The van der Waals surface area contributed by atoms with Crippen molar-refractivity contribution in [2.24, 2.45) is 0 Å². The lowest BCUT2D eigenvalue weighted by Crippen LogP contribution is -2.61. The number of ether oxygens (including phenoxy) is 2. The van der Waals surface area contributed by atoms with Crippen molar-refractivity contribution in [1.29, 1.82) is 0 Å². The Bertz CT molecular complexity index is 1730. The lowest BCUT2D eigenvalue weighted by atomic mass is 9.86. The average Bonchev–Trinajstić information content (AvgIpc) is 3.57. The first kappa shape index (κ1) is 32.4. The second kappa shape index (κ2) is 13.6. The zero-order valence-corrected chi connectivity index (χ0v) is 28.6. The molecule has 0 radical (unpaired) electrons. The first-order valence-corrected chi connectivity index (χ1v) is 17.8. The molecule has 0 saturated carbocycles. The Morgan fingerprint density at radius 2 is 1.15 bits per heavy atom. The van der Waals surface area contributed by atoms with Crippen molar-refractivity contribution in [3.05, 3.63) is 130 Å². The van der Waals surface area contributed by atoms with Gasteiger partial charge in [0.05, 0.1) is 24.7 Å². The molecule has 0 spiro atoms. The number of carbonyl (C=O) groups is 2. The van der Waals surface area contributed by atoms with E-state index in [4.69, 9.17) is 21.1 Å². The van der Waals surface area contributed by atoms with Gasteiger partial charge in [0.1, 0.15) is 11.5 Å². The van der Waals surface area contributed by atoms with E-state index in [-0.39, 0.29) is 29.9 Å². The van der Waals surface area contributed by atoms with E-state index in [0.717, 1.165) is 27.8 Å². The fourth-order valence-electron chi connectivity index (χ4n) is 6.50. The third-order valence-electron chi connectivity index (χ3n) is 8.48. The van der Waals surface area contributed by atoms with Gasteiger partial charge in [0.2, 0.25) is 11.8 Å². The molecule has 2 heterocycles. The minimum absolute atomic E-state index is 0.0113. The van der Waals surface area contributed by atoms with Crippen LogP contribution in [0.2, 0.25) is 5.02 Å². The number of thioether (sulfide) groups is 2. The van der Waals surface area contributed by atoms with Gasteiger partial charge in [-0.25, -0.2) is 0 Å². The Morgan fingerprint density at radius 1 is 0.674 bits per heavy atom. The van der Waals surface area contributed by atoms with Crippen LogP contribution in [0.15, 0.2) is 97.1 Å². The van der Waals surface area contributed by atoms with Crippen LogP contribution in [0, 0.1) is 6.92 Å². The summed E-state index contributed by atoms with van der Waals surface area (Å²) >= 11 is 9.86. The smallest absolute Gasteiger partial charge is 0.234 e. The van der Waals surface area contributed by atoms with E-state index in [2.05, 4.69) is 31.2 Å². The summed E-state index contributed by atoms with van der Waals surface area (Å²) < 4.78 is 12.6. The molecule has 6 nitrogen and oxygen atoms in total. The molecule has 46 heavy (non-hydrogen) atoms. The third-order valence-corrected chi connectivity index (χ3v) is 12.1. The number of carbonyl (C=O) groups excluding carboxylic acids is 2.